The van der Waals surface area contributed by atoms with E-state index in [0.29, 0.717) is 29.1 Å². The van der Waals surface area contributed by atoms with E-state index in [-0.39, 0.29) is 12.5 Å². The lowest BCUT2D eigenvalue weighted by molar-refractivity contribution is 0.0951. The van der Waals surface area contributed by atoms with Gasteiger partial charge in [-0.25, -0.2) is 0 Å². The molecule has 0 aliphatic heterocycles. The van der Waals surface area contributed by atoms with Crippen molar-refractivity contribution in [1.29, 1.82) is 0 Å². The fourth-order valence-electron chi connectivity index (χ4n) is 1.63. The molecule has 0 saturated carbocycles. The van der Waals surface area contributed by atoms with Crippen LogP contribution in [0.15, 0.2) is 30.5 Å². The van der Waals surface area contributed by atoms with E-state index in [1.54, 1.807) is 12.1 Å². The van der Waals surface area contributed by atoms with Gasteiger partial charge in [0.2, 0.25) is 0 Å². The number of aliphatic hydroxyl groups excluding tert-OH is 1. The van der Waals surface area contributed by atoms with Gasteiger partial charge in [-0.3, -0.25) is 9.78 Å². The van der Waals surface area contributed by atoms with E-state index >= 15 is 0 Å². The topological polar surface area (TPSA) is 62.2 Å². The largest absolute Gasteiger partial charge is 0.396 e. The van der Waals surface area contributed by atoms with Gasteiger partial charge >= 0.3 is 0 Å². The number of amides is 1. The first kappa shape index (κ1) is 12.8. The Morgan fingerprint density at radius 1 is 1.44 bits per heavy atom. The zero-order chi connectivity index (χ0) is 13.0. The van der Waals surface area contributed by atoms with Crippen molar-refractivity contribution in [1.82, 2.24) is 10.3 Å². The molecule has 1 amide bonds. The summed E-state index contributed by atoms with van der Waals surface area (Å²) >= 11 is 6.00. The lowest BCUT2D eigenvalue weighted by Crippen LogP contribution is -2.25. The summed E-state index contributed by atoms with van der Waals surface area (Å²) in [5, 5.41) is 12.8. The lowest BCUT2D eigenvalue weighted by Gasteiger charge is -2.05. The molecule has 0 fully saturated rings. The molecule has 0 atom stereocenters. The molecule has 2 aromatic rings. The van der Waals surface area contributed by atoms with Crippen LogP contribution in [0.3, 0.4) is 0 Å². The van der Waals surface area contributed by atoms with Crippen molar-refractivity contribution >= 4 is 28.4 Å². The Bertz CT molecular complexity index is 572. The van der Waals surface area contributed by atoms with Crippen molar-refractivity contribution < 1.29 is 9.90 Å². The summed E-state index contributed by atoms with van der Waals surface area (Å²) in [4.78, 5) is 16.0. The third-order valence-electron chi connectivity index (χ3n) is 2.54. The summed E-state index contributed by atoms with van der Waals surface area (Å²) in [6.07, 6.45) is 2.04. The van der Waals surface area contributed by atoms with E-state index in [1.165, 1.54) is 6.20 Å². The number of halogens is 1. The summed E-state index contributed by atoms with van der Waals surface area (Å²) in [6.45, 7) is 0.509. The Hall–Kier alpha value is -1.65. The number of fused-ring (bicyclic) bond motifs is 1. The highest BCUT2D eigenvalue weighted by Crippen LogP contribution is 2.21. The Morgan fingerprint density at radius 2 is 2.28 bits per heavy atom. The summed E-state index contributed by atoms with van der Waals surface area (Å²) in [7, 11) is 0. The molecular weight excluding hydrogens is 252 g/mol. The molecule has 4 nitrogen and oxygen atoms in total. The number of carbonyl (C=O) groups excluding carboxylic acids is 1. The van der Waals surface area contributed by atoms with Gasteiger partial charge in [-0.15, -0.1) is 0 Å². The summed E-state index contributed by atoms with van der Waals surface area (Å²) in [6, 6.07) is 7.19. The third-order valence-corrected chi connectivity index (χ3v) is 2.85. The number of hydrogen-bond donors (Lipinski definition) is 2. The number of carbonyl (C=O) groups is 1. The average molecular weight is 265 g/mol. The van der Waals surface area contributed by atoms with E-state index in [9.17, 15) is 4.79 Å². The molecule has 0 radical (unpaired) electrons. The molecule has 2 rings (SSSR count). The van der Waals surface area contributed by atoms with Crippen LogP contribution in [0.1, 0.15) is 16.8 Å². The highest BCUT2D eigenvalue weighted by atomic mass is 35.5. The van der Waals surface area contributed by atoms with E-state index in [0.717, 1.165) is 5.39 Å². The van der Waals surface area contributed by atoms with Crippen LogP contribution in [0.5, 0.6) is 0 Å². The zero-order valence-corrected chi connectivity index (χ0v) is 10.4. The summed E-state index contributed by atoms with van der Waals surface area (Å²) in [5.74, 6) is -0.196. The van der Waals surface area contributed by atoms with Gasteiger partial charge in [0.05, 0.1) is 16.1 Å². The molecule has 5 heteroatoms. The zero-order valence-electron chi connectivity index (χ0n) is 9.69. The molecule has 2 N–H and O–H groups in total. The van der Waals surface area contributed by atoms with Gasteiger partial charge in [0.1, 0.15) is 0 Å². The van der Waals surface area contributed by atoms with Crippen LogP contribution in [0, 0.1) is 0 Å². The van der Waals surface area contributed by atoms with Gasteiger partial charge in [-0.1, -0.05) is 23.7 Å². The van der Waals surface area contributed by atoms with Crippen LogP contribution in [0.4, 0.5) is 0 Å². The van der Waals surface area contributed by atoms with Crippen LogP contribution in [0.2, 0.25) is 5.02 Å². The highest BCUT2D eigenvalue weighted by Gasteiger charge is 2.07. The van der Waals surface area contributed by atoms with Crippen molar-refractivity contribution in [3.8, 4) is 0 Å². The summed E-state index contributed by atoms with van der Waals surface area (Å²) < 4.78 is 0. The Balaban J connectivity index is 2.22. The monoisotopic (exact) mass is 264 g/mol. The number of hydrogen-bond acceptors (Lipinski definition) is 3. The Labute approximate surface area is 110 Å². The number of benzene rings is 1. The van der Waals surface area contributed by atoms with Crippen molar-refractivity contribution in [2.75, 3.05) is 13.2 Å². The maximum absolute atomic E-state index is 11.8. The van der Waals surface area contributed by atoms with Crippen LogP contribution in [-0.2, 0) is 0 Å². The predicted octanol–water partition coefficient (Wildman–Crippen LogP) is 2.00. The molecule has 0 unspecified atom stereocenters. The van der Waals surface area contributed by atoms with Crippen molar-refractivity contribution in [3.63, 3.8) is 0 Å². The molecule has 1 aromatic carbocycles. The molecule has 0 saturated heterocycles. The minimum Gasteiger partial charge on any atom is -0.396 e. The molecule has 0 aliphatic rings. The number of nitrogens with one attached hydrogen (secondary N) is 1. The standard InChI is InChI=1S/C13H13ClN2O2/c14-11-4-1-3-9-7-10(8-16-12(9)11)13(18)15-5-2-6-17/h1,3-4,7-8,17H,2,5-6H2,(H,15,18). The molecule has 0 aliphatic carbocycles. The van der Waals surface area contributed by atoms with Gasteiger partial charge in [0.15, 0.2) is 0 Å². The summed E-state index contributed by atoms with van der Waals surface area (Å²) in [5.41, 5.74) is 1.17. The van der Waals surface area contributed by atoms with Crippen molar-refractivity contribution in [2.24, 2.45) is 0 Å². The third kappa shape index (κ3) is 2.78. The van der Waals surface area contributed by atoms with Crippen LogP contribution in [0.25, 0.3) is 10.9 Å². The molecule has 94 valence electrons. The first-order valence-electron chi connectivity index (χ1n) is 5.65. The van der Waals surface area contributed by atoms with Crippen LogP contribution in [-0.4, -0.2) is 29.1 Å². The fraction of sp³-hybridized carbons (Fsp3) is 0.231. The first-order valence-corrected chi connectivity index (χ1v) is 6.03. The smallest absolute Gasteiger partial charge is 0.252 e. The minimum atomic E-state index is -0.196. The minimum absolute atomic E-state index is 0.0614. The SMILES string of the molecule is O=C(NCCCO)c1cnc2c(Cl)cccc2c1. The highest BCUT2D eigenvalue weighted by molar-refractivity contribution is 6.35. The number of nitrogens with zero attached hydrogens (tertiary/aromatic N) is 1. The van der Waals surface area contributed by atoms with Gasteiger partial charge in [0, 0.05) is 24.7 Å². The normalized spacial score (nSPS) is 10.6. The lowest BCUT2D eigenvalue weighted by atomic mass is 10.1. The first-order chi connectivity index (χ1) is 8.72. The number of para-hydroxylation sites is 1. The molecule has 18 heavy (non-hydrogen) atoms. The Morgan fingerprint density at radius 3 is 3.06 bits per heavy atom. The number of aliphatic hydroxyl groups is 1. The maximum Gasteiger partial charge on any atom is 0.252 e. The van der Waals surface area contributed by atoms with Gasteiger partial charge in [0.25, 0.3) is 5.91 Å². The van der Waals surface area contributed by atoms with Gasteiger partial charge < -0.3 is 10.4 Å². The second-order valence-electron chi connectivity index (χ2n) is 3.87. The molecule has 0 spiro atoms. The van der Waals surface area contributed by atoms with Crippen molar-refractivity contribution in [2.45, 2.75) is 6.42 Å². The van der Waals surface area contributed by atoms with E-state index in [4.69, 9.17) is 16.7 Å². The quantitative estimate of drug-likeness (QED) is 0.831. The van der Waals surface area contributed by atoms with Gasteiger partial charge in [-0.05, 0) is 18.6 Å². The van der Waals surface area contributed by atoms with Gasteiger partial charge in [-0.2, -0.15) is 0 Å². The maximum atomic E-state index is 11.8. The fourth-order valence-corrected chi connectivity index (χ4v) is 1.86. The second kappa shape index (κ2) is 5.80. The average Bonchev–Trinajstić information content (AvgIpc) is 2.39. The number of aromatic nitrogens is 1. The van der Waals surface area contributed by atoms with E-state index in [1.807, 2.05) is 12.1 Å². The number of pyridine rings is 1. The van der Waals surface area contributed by atoms with E-state index < -0.39 is 0 Å². The second-order valence-corrected chi connectivity index (χ2v) is 4.28. The molecule has 1 aromatic heterocycles. The predicted molar refractivity (Wildman–Crippen MR) is 70.8 cm³/mol. The van der Waals surface area contributed by atoms with Crippen LogP contribution < -0.4 is 5.32 Å². The van der Waals surface area contributed by atoms with E-state index in [2.05, 4.69) is 10.3 Å². The molecule has 0 bridgehead atoms. The van der Waals surface area contributed by atoms with Crippen LogP contribution >= 0.6 is 11.6 Å². The Kier molecular flexibility index (Phi) is 4.12. The molecular formula is C13H13ClN2O2. The van der Waals surface area contributed by atoms with Crippen molar-refractivity contribution in [3.05, 3.63) is 41.0 Å². The molecule has 1 heterocycles. The number of rotatable bonds is 4.